The fraction of sp³-hybridized carbons (Fsp3) is 0.167. The van der Waals surface area contributed by atoms with Gasteiger partial charge in [-0.05, 0) is 29.1 Å². The Labute approximate surface area is 111 Å². The molecule has 0 bridgehead atoms. The first kappa shape index (κ1) is 11.1. The van der Waals surface area contributed by atoms with Crippen LogP contribution < -0.4 is 15.2 Å². The molecule has 1 atom stereocenters. The van der Waals surface area contributed by atoms with Gasteiger partial charge in [-0.25, -0.2) is 0 Å². The van der Waals surface area contributed by atoms with E-state index in [2.05, 4.69) is 15.9 Å². The molecule has 0 aliphatic carbocycles. The van der Waals surface area contributed by atoms with Crippen LogP contribution in [0.4, 0.5) is 0 Å². The number of benzene rings is 1. The molecule has 1 aromatic carbocycles. The third-order valence-electron chi connectivity index (χ3n) is 2.68. The summed E-state index contributed by atoms with van der Waals surface area (Å²) in [5, 5.41) is 2.02. The summed E-state index contributed by atoms with van der Waals surface area (Å²) in [5.41, 5.74) is 7.25. The number of nitrogens with two attached hydrogens (primary N) is 1. The zero-order valence-corrected chi connectivity index (χ0v) is 11.3. The fourth-order valence-electron chi connectivity index (χ4n) is 1.79. The average Bonchev–Trinajstić information content (AvgIpc) is 2.97. The predicted octanol–water partition coefficient (Wildman–Crippen LogP) is 3.29. The summed E-state index contributed by atoms with van der Waals surface area (Å²) >= 11 is 5.18. The average molecular weight is 312 g/mol. The number of thiophene rings is 1. The molecule has 0 amide bonds. The summed E-state index contributed by atoms with van der Waals surface area (Å²) in [7, 11) is 0. The Kier molecular flexibility index (Phi) is 2.82. The minimum atomic E-state index is -0.140. The number of ether oxygens (including phenoxy) is 2. The molecule has 88 valence electrons. The molecule has 3 rings (SSSR count). The van der Waals surface area contributed by atoms with Crippen molar-refractivity contribution in [3.63, 3.8) is 0 Å². The van der Waals surface area contributed by atoms with Crippen LogP contribution in [0.5, 0.6) is 11.5 Å². The second-order valence-electron chi connectivity index (χ2n) is 3.72. The minimum absolute atomic E-state index is 0.140. The molecule has 0 spiro atoms. The summed E-state index contributed by atoms with van der Waals surface area (Å²) in [6, 6.07) is 7.74. The van der Waals surface area contributed by atoms with Crippen LogP contribution in [0.15, 0.2) is 34.1 Å². The van der Waals surface area contributed by atoms with Crippen molar-refractivity contribution in [2.24, 2.45) is 5.73 Å². The second kappa shape index (κ2) is 4.33. The maximum atomic E-state index is 6.24. The van der Waals surface area contributed by atoms with Gasteiger partial charge in [0, 0.05) is 9.35 Å². The second-order valence-corrected chi connectivity index (χ2v) is 5.55. The number of rotatable bonds is 2. The van der Waals surface area contributed by atoms with Crippen LogP contribution in [0.25, 0.3) is 0 Å². The highest BCUT2D eigenvalue weighted by Crippen LogP contribution is 2.40. The van der Waals surface area contributed by atoms with Gasteiger partial charge in [0.25, 0.3) is 0 Å². The largest absolute Gasteiger partial charge is 0.454 e. The van der Waals surface area contributed by atoms with Gasteiger partial charge in [-0.15, -0.1) is 11.3 Å². The van der Waals surface area contributed by atoms with Crippen molar-refractivity contribution in [3.05, 3.63) is 44.6 Å². The summed E-state index contributed by atoms with van der Waals surface area (Å²) in [5.74, 6) is 1.52. The molecule has 3 nitrogen and oxygen atoms in total. The summed E-state index contributed by atoms with van der Waals surface area (Å²) in [4.78, 5) is 1.13. The smallest absolute Gasteiger partial charge is 0.231 e. The number of fused-ring (bicyclic) bond motifs is 1. The van der Waals surface area contributed by atoms with E-state index in [9.17, 15) is 0 Å². The lowest BCUT2D eigenvalue weighted by molar-refractivity contribution is 0.174. The molecular formula is C12H10BrNO2S. The Hall–Kier alpha value is -1.04. The van der Waals surface area contributed by atoms with E-state index >= 15 is 0 Å². The molecular weight excluding hydrogens is 302 g/mol. The molecule has 0 saturated carbocycles. The van der Waals surface area contributed by atoms with E-state index < -0.39 is 0 Å². The summed E-state index contributed by atoms with van der Waals surface area (Å²) < 4.78 is 11.6. The van der Waals surface area contributed by atoms with E-state index in [1.54, 1.807) is 11.3 Å². The van der Waals surface area contributed by atoms with Gasteiger partial charge < -0.3 is 15.2 Å². The van der Waals surface area contributed by atoms with Crippen molar-refractivity contribution in [2.45, 2.75) is 6.04 Å². The number of halogens is 1. The van der Waals surface area contributed by atoms with E-state index in [0.717, 1.165) is 26.4 Å². The molecule has 2 heterocycles. The van der Waals surface area contributed by atoms with Crippen molar-refractivity contribution in [1.29, 1.82) is 0 Å². The lowest BCUT2D eigenvalue weighted by Crippen LogP contribution is -2.10. The first-order valence-electron chi connectivity index (χ1n) is 5.14. The SMILES string of the molecule is N[C@H](c1cccs1)c1cc2c(cc1Br)OCO2. The molecule has 1 aliphatic heterocycles. The summed E-state index contributed by atoms with van der Waals surface area (Å²) in [6.07, 6.45) is 0. The number of hydrogen-bond donors (Lipinski definition) is 1. The van der Waals surface area contributed by atoms with Crippen molar-refractivity contribution >= 4 is 27.3 Å². The van der Waals surface area contributed by atoms with Crippen LogP contribution in [0.3, 0.4) is 0 Å². The Morgan fingerprint density at radius 2 is 2.06 bits per heavy atom. The number of hydrogen-bond acceptors (Lipinski definition) is 4. The van der Waals surface area contributed by atoms with Gasteiger partial charge in [0.1, 0.15) is 0 Å². The molecule has 0 fully saturated rings. The monoisotopic (exact) mass is 311 g/mol. The highest BCUT2D eigenvalue weighted by molar-refractivity contribution is 9.10. The summed E-state index contributed by atoms with van der Waals surface area (Å²) in [6.45, 7) is 0.277. The molecule has 17 heavy (non-hydrogen) atoms. The van der Waals surface area contributed by atoms with Gasteiger partial charge in [0.05, 0.1) is 6.04 Å². The van der Waals surface area contributed by atoms with Gasteiger partial charge in [-0.3, -0.25) is 0 Å². The van der Waals surface area contributed by atoms with Crippen molar-refractivity contribution < 1.29 is 9.47 Å². The lowest BCUT2D eigenvalue weighted by atomic mass is 10.1. The Morgan fingerprint density at radius 3 is 2.76 bits per heavy atom. The zero-order valence-electron chi connectivity index (χ0n) is 8.85. The van der Waals surface area contributed by atoms with E-state index in [0.29, 0.717) is 0 Å². The van der Waals surface area contributed by atoms with E-state index in [1.807, 2.05) is 29.6 Å². The van der Waals surface area contributed by atoms with Crippen molar-refractivity contribution in [1.82, 2.24) is 0 Å². The predicted molar refractivity (Wildman–Crippen MR) is 70.6 cm³/mol. The minimum Gasteiger partial charge on any atom is -0.454 e. The standard InChI is InChI=1S/C12H10BrNO2S/c13-8-5-10-9(15-6-16-10)4-7(8)12(14)11-2-1-3-17-11/h1-5,12H,6,14H2/t12-/m0/s1. The molecule has 0 radical (unpaired) electrons. The maximum absolute atomic E-state index is 6.24. The van der Waals surface area contributed by atoms with Gasteiger partial charge in [0.2, 0.25) is 6.79 Å². The normalized spacial score (nSPS) is 14.9. The van der Waals surface area contributed by atoms with Crippen LogP contribution in [0.2, 0.25) is 0 Å². The quantitative estimate of drug-likeness (QED) is 0.925. The van der Waals surface area contributed by atoms with Crippen molar-refractivity contribution in [2.75, 3.05) is 6.79 Å². The van der Waals surface area contributed by atoms with Crippen LogP contribution in [-0.4, -0.2) is 6.79 Å². The van der Waals surface area contributed by atoms with Gasteiger partial charge in [-0.2, -0.15) is 0 Å². The van der Waals surface area contributed by atoms with E-state index in [1.165, 1.54) is 0 Å². The Balaban J connectivity index is 2.03. The van der Waals surface area contributed by atoms with E-state index in [4.69, 9.17) is 15.2 Å². The molecule has 0 saturated heterocycles. The Morgan fingerprint density at radius 1 is 1.29 bits per heavy atom. The first-order valence-corrected chi connectivity index (χ1v) is 6.81. The molecule has 0 unspecified atom stereocenters. The molecule has 1 aromatic heterocycles. The molecule has 1 aliphatic rings. The van der Waals surface area contributed by atoms with Crippen LogP contribution >= 0.6 is 27.3 Å². The van der Waals surface area contributed by atoms with Gasteiger partial charge in [-0.1, -0.05) is 22.0 Å². The topological polar surface area (TPSA) is 44.5 Å². The highest BCUT2D eigenvalue weighted by atomic mass is 79.9. The molecule has 5 heteroatoms. The highest BCUT2D eigenvalue weighted by Gasteiger charge is 2.20. The van der Waals surface area contributed by atoms with Crippen LogP contribution in [-0.2, 0) is 0 Å². The Bertz CT molecular complexity index is 542. The third-order valence-corrected chi connectivity index (χ3v) is 4.32. The fourth-order valence-corrected chi connectivity index (χ4v) is 3.11. The van der Waals surface area contributed by atoms with Crippen molar-refractivity contribution in [3.8, 4) is 11.5 Å². The van der Waals surface area contributed by atoms with Crippen LogP contribution in [0.1, 0.15) is 16.5 Å². The first-order chi connectivity index (χ1) is 8.25. The third kappa shape index (κ3) is 1.94. The molecule has 2 aromatic rings. The van der Waals surface area contributed by atoms with E-state index in [-0.39, 0.29) is 12.8 Å². The van der Waals surface area contributed by atoms with Crippen LogP contribution in [0, 0.1) is 0 Å². The van der Waals surface area contributed by atoms with Gasteiger partial charge >= 0.3 is 0 Å². The van der Waals surface area contributed by atoms with Gasteiger partial charge in [0.15, 0.2) is 11.5 Å². The molecule has 2 N–H and O–H groups in total. The lowest BCUT2D eigenvalue weighted by Gasteiger charge is -2.13. The zero-order chi connectivity index (χ0) is 11.8. The maximum Gasteiger partial charge on any atom is 0.231 e.